The molecule has 1 amide bonds. The van der Waals surface area contributed by atoms with E-state index in [1.807, 2.05) is 0 Å². The molecule has 6 nitrogen and oxygen atoms in total. The van der Waals surface area contributed by atoms with Gasteiger partial charge in [-0.05, 0) is 57.4 Å². The van der Waals surface area contributed by atoms with E-state index in [0.29, 0.717) is 11.8 Å². The number of hydrogen-bond donors (Lipinski definition) is 3. The molecule has 0 radical (unpaired) electrons. The van der Waals surface area contributed by atoms with Crippen LogP contribution in [0.4, 0.5) is 19.0 Å². The molecule has 168 valence electrons. The molecule has 2 aliphatic carbocycles. The second kappa shape index (κ2) is 8.05. The minimum atomic E-state index is -4.57. The highest BCUT2D eigenvalue weighted by Crippen LogP contribution is 2.46. The fourth-order valence-electron chi connectivity index (χ4n) is 3.54. The van der Waals surface area contributed by atoms with Crippen molar-refractivity contribution in [1.29, 1.82) is 0 Å². The predicted molar refractivity (Wildman–Crippen MR) is 112 cm³/mol. The Balaban J connectivity index is 1.56. The van der Waals surface area contributed by atoms with Gasteiger partial charge in [0.1, 0.15) is 5.82 Å². The molecule has 3 N–H and O–H groups in total. The van der Waals surface area contributed by atoms with E-state index in [0.717, 1.165) is 43.1 Å². The summed E-state index contributed by atoms with van der Waals surface area (Å²) >= 11 is 0.859. The molecule has 10 heteroatoms. The summed E-state index contributed by atoms with van der Waals surface area (Å²) in [5.41, 5.74) is -2.01. The summed E-state index contributed by atoms with van der Waals surface area (Å²) in [7, 11) is 0. The number of thiazole rings is 1. The van der Waals surface area contributed by atoms with Crippen LogP contribution in [-0.2, 0) is 6.18 Å². The van der Waals surface area contributed by atoms with Crippen LogP contribution in [0.3, 0.4) is 0 Å². The van der Waals surface area contributed by atoms with Crippen LogP contribution in [0, 0.1) is 11.8 Å². The van der Waals surface area contributed by atoms with Crippen LogP contribution < -0.4 is 10.6 Å². The van der Waals surface area contributed by atoms with Crippen molar-refractivity contribution in [1.82, 2.24) is 15.3 Å². The van der Waals surface area contributed by atoms with E-state index < -0.39 is 23.2 Å². The molecule has 2 aliphatic rings. The van der Waals surface area contributed by atoms with Crippen LogP contribution in [0.15, 0.2) is 18.5 Å². The lowest BCUT2D eigenvalue weighted by Crippen LogP contribution is -2.38. The van der Waals surface area contributed by atoms with Crippen molar-refractivity contribution in [3.8, 4) is 10.4 Å². The van der Waals surface area contributed by atoms with E-state index >= 15 is 0 Å². The van der Waals surface area contributed by atoms with Crippen molar-refractivity contribution in [2.24, 2.45) is 11.8 Å². The molecule has 0 saturated heterocycles. The number of nitrogens with one attached hydrogen (secondary N) is 2. The Labute approximate surface area is 182 Å². The molecular weight excluding hydrogens is 429 g/mol. The van der Waals surface area contributed by atoms with Crippen molar-refractivity contribution in [2.45, 2.75) is 57.3 Å². The van der Waals surface area contributed by atoms with Crippen molar-refractivity contribution >= 4 is 23.1 Å². The summed E-state index contributed by atoms with van der Waals surface area (Å²) in [5.74, 6) is 0.729. The SMILES string of the molecule is CC(C)(O)CNC(=O)c1ncc(-c2cnc(NC(C3CC3)C3CC3)cc2C(F)(F)F)s1. The highest BCUT2D eigenvalue weighted by Gasteiger charge is 2.42. The van der Waals surface area contributed by atoms with Gasteiger partial charge in [-0.3, -0.25) is 4.79 Å². The summed E-state index contributed by atoms with van der Waals surface area (Å²) in [6, 6.07) is 1.25. The van der Waals surface area contributed by atoms with Gasteiger partial charge in [0.15, 0.2) is 5.01 Å². The summed E-state index contributed by atoms with van der Waals surface area (Å²) in [6.45, 7) is 3.07. The topological polar surface area (TPSA) is 87.1 Å². The number of rotatable bonds is 8. The van der Waals surface area contributed by atoms with Crippen LogP contribution in [-0.4, -0.2) is 39.2 Å². The second-order valence-electron chi connectivity index (χ2n) is 8.98. The van der Waals surface area contributed by atoms with Crippen molar-refractivity contribution < 1.29 is 23.1 Å². The number of amides is 1. The summed E-state index contributed by atoms with van der Waals surface area (Å²) in [4.78, 5) is 20.6. The molecular formula is C21H25F3N4O2S. The van der Waals surface area contributed by atoms with Crippen molar-refractivity contribution in [3.05, 3.63) is 29.0 Å². The Hall–Kier alpha value is -2.20. The fraction of sp³-hybridized carbons (Fsp3) is 0.571. The quantitative estimate of drug-likeness (QED) is 0.553. The molecule has 0 aliphatic heterocycles. The number of carbonyl (C=O) groups is 1. The zero-order valence-electron chi connectivity index (χ0n) is 17.3. The molecule has 31 heavy (non-hydrogen) atoms. The second-order valence-corrected chi connectivity index (χ2v) is 10.0. The Morgan fingerprint density at radius 2 is 1.84 bits per heavy atom. The van der Waals surface area contributed by atoms with E-state index in [4.69, 9.17) is 0 Å². The van der Waals surface area contributed by atoms with Gasteiger partial charge in [-0.15, -0.1) is 11.3 Å². The van der Waals surface area contributed by atoms with Crippen molar-refractivity contribution in [2.75, 3.05) is 11.9 Å². The van der Waals surface area contributed by atoms with Crippen LogP contribution in [0.25, 0.3) is 10.4 Å². The number of anilines is 1. The Bertz CT molecular complexity index is 950. The zero-order valence-corrected chi connectivity index (χ0v) is 18.1. The van der Waals surface area contributed by atoms with Gasteiger partial charge in [-0.1, -0.05) is 0 Å². The number of halogens is 3. The van der Waals surface area contributed by atoms with Gasteiger partial charge >= 0.3 is 6.18 Å². The lowest BCUT2D eigenvalue weighted by Gasteiger charge is -2.20. The van der Waals surface area contributed by atoms with Gasteiger partial charge in [0.25, 0.3) is 5.91 Å². The lowest BCUT2D eigenvalue weighted by atomic mass is 10.1. The van der Waals surface area contributed by atoms with E-state index in [9.17, 15) is 23.1 Å². The zero-order chi connectivity index (χ0) is 22.4. The summed E-state index contributed by atoms with van der Waals surface area (Å²) in [6.07, 6.45) is 2.31. The van der Waals surface area contributed by atoms with E-state index in [1.165, 1.54) is 26.2 Å². The molecule has 2 saturated carbocycles. The highest BCUT2D eigenvalue weighted by molar-refractivity contribution is 7.17. The molecule has 0 aromatic carbocycles. The monoisotopic (exact) mass is 454 g/mol. The largest absolute Gasteiger partial charge is 0.417 e. The minimum absolute atomic E-state index is 0.000372. The maximum Gasteiger partial charge on any atom is 0.417 e. The highest BCUT2D eigenvalue weighted by atomic mass is 32.1. The Kier molecular flexibility index (Phi) is 5.72. The first-order chi connectivity index (χ1) is 14.5. The average Bonchev–Trinajstić information content (AvgIpc) is 3.61. The molecule has 4 rings (SSSR count). The lowest BCUT2D eigenvalue weighted by molar-refractivity contribution is -0.137. The number of alkyl halides is 3. The van der Waals surface area contributed by atoms with Gasteiger partial charge < -0.3 is 15.7 Å². The predicted octanol–water partition coefficient (Wildman–Crippen LogP) is 4.33. The third-order valence-electron chi connectivity index (χ3n) is 5.43. The number of carbonyl (C=O) groups excluding carboxylic acids is 1. The number of nitrogens with zero attached hydrogens (tertiary/aromatic N) is 2. The molecule has 2 heterocycles. The van der Waals surface area contributed by atoms with Crippen molar-refractivity contribution in [3.63, 3.8) is 0 Å². The van der Waals surface area contributed by atoms with E-state index in [-0.39, 0.29) is 33.9 Å². The van der Waals surface area contributed by atoms with Crippen LogP contribution >= 0.6 is 11.3 Å². The molecule has 0 unspecified atom stereocenters. The van der Waals surface area contributed by atoms with Gasteiger partial charge in [0, 0.05) is 30.5 Å². The number of pyridine rings is 1. The van der Waals surface area contributed by atoms with Crippen LogP contribution in [0.5, 0.6) is 0 Å². The average molecular weight is 455 g/mol. The first-order valence-electron chi connectivity index (χ1n) is 10.3. The Morgan fingerprint density at radius 3 is 2.39 bits per heavy atom. The maximum absolute atomic E-state index is 13.8. The number of aliphatic hydroxyl groups is 1. The van der Waals surface area contributed by atoms with Gasteiger partial charge in [0.05, 0.1) is 16.0 Å². The van der Waals surface area contributed by atoms with Gasteiger partial charge in [-0.25, -0.2) is 9.97 Å². The fourth-order valence-corrected chi connectivity index (χ4v) is 4.40. The third-order valence-corrected chi connectivity index (χ3v) is 6.46. The molecule has 0 atom stereocenters. The van der Waals surface area contributed by atoms with Crippen LogP contribution in [0.1, 0.15) is 54.9 Å². The summed E-state index contributed by atoms with van der Waals surface area (Å²) in [5, 5.41) is 15.5. The maximum atomic E-state index is 13.8. The molecule has 2 fully saturated rings. The normalized spacial score (nSPS) is 17.1. The minimum Gasteiger partial charge on any atom is -0.389 e. The smallest absolute Gasteiger partial charge is 0.389 e. The third kappa shape index (κ3) is 5.54. The molecule has 2 aromatic heterocycles. The summed E-state index contributed by atoms with van der Waals surface area (Å²) < 4.78 is 41.5. The first kappa shape index (κ1) is 22.0. The number of hydrogen-bond acceptors (Lipinski definition) is 6. The first-order valence-corrected chi connectivity index (χ1v) is 11.1. The molecule has 0 bridgehead atoms. The van der Waals surface area contributed by atoms with Gasteiger partial charge in [0.2, 0.25) is 0 Å². The van der Waals surface area contributed by atoms with Gasteiger partial charge in [-0.2, -0.15) is 13.2 Å². The van der Waals surface area contributed by atoms with Crippen LogP contribution in [0.2, 0.25) is 0 Å². The van der Waals surface area contributed by atoms with E-state index in [2.05, 4.69) is 20.6 Å². The Morgan fingerprint density at radius 1 is 1.19 bits per heavy atom. The van der Waals surface area contributed by atoms with E-state index in [1.54, 1.807) is 0 Å². The molecule has 2 aromatic rings. The standard InChI is InChI=1S/C21H25F3N4O2S/c1-20(2,30)10-27-18(29)19-26-9-15(31-19)13-8-25-16(7-14(13)21(22,23)24)28-17(11-3-4-11)12-5-6-12/h7-9,11-12,17,30H,3-6,10H2,1-2H3,(H,25,28)(H,27,29). The number of aromatic nitrogens is 2. The molecule has 0 spiro atoms.